The van der Waals surface area contributed by atoms with Gasteiger partial charge < -0.3 is 14.2 Å². The van der Waals surface area contributed by atoms with Crippen LogP contribution < -0.4 is 26.2 Å². The molecular weight excluding hydrogens is 619 g/mol. The minimum Gasteiger partial charge on any atom is -0.454 e. The molecule has 0 amide bonds. The second kappa shape index (κ2) is 10.4. The fourth-order valence-electron chi connectivity index (χ4n) is 11.7. The van der Waals surface area contributed by atoms with Crippen LogP contribution in [0.2, 0.25) is 0 Å². The predicted octanol–water partition coefficient (Wildman–Crippen LogP) is 10.5. The summed E-state index contributed by atoms with van der Waals surface area (Å²) in [7, 11) is 0. The van der Waals surface area contributed by atoms with E-state index in [1.54, 1.807) is 5.56 Å². The van der Waals surface area contributed by atoms with Crippen LogP contribution in [0, 0.1) is 17.8 Å². The highest BCUT2D eigenvalue weighted by Gasteiger charge is 2.50. The van der Waals surface area contributed by atoms with E-state index in [1.807, 2.05) is 0 Å². The van der Waals surface area contributed by atoms with Gasteiger partial charge >= 0.3 is 0 Å². The third-order valence-electron chi connectivity index (χ3n) is 13.7. The second-order valence-electron chi connectivity index (χ2n) is 16.2. The van der Waals surface area contributed by atoms with Crippen molar-refractivity contribution in [3.63, 3.8) is 0 Å². The van der Waals surface area contributed by atoms with Crippen LogP contribution in [0.4, 0.5) is 34.1 Å². The smallest absolute Gasteiger partial charge is 0.252 e. The lowest BCUT2D eigenvalue weighted by molar-refractivity contribution is 0.00964. The van der Waals surface area contributed by atoms with Gasteiger partial charge in [0.25, 0.3) is 6.71 Å². The molecule has 3 heterocycles. The van der Waals surface area contributed by atoms with E-state index in [2.05, 4.69) is 143 Å². The molecule has 4 atom stereocenters. The lowest BCUT2D eigenvalue weighted by Crippen LogP contribution is -2.61. The molecule has 0 saturated heterocycles. The minimum atomic E-state index is 0.126. The average Bonchev–Trinajstić information content (AvgIpc) is 3.56. The normalized spacial score (nSPS) is 24.1. The molecule has 3 nitrogen and oxygen atoms in total. The van der Waals surface area contributed by atoms with Gasteiger partial charge in [0, 0.05) is 39.2 Å². The Bertz CT molecular complexity index is 2530. The van der Waals surface area contributed by atoms with Gasteiger partial charge in [0.15, 0.2) is 5.58 Å². The maximum atomic E-state index is 6.66. The van der Waals surface area contributed by atoms with Crippen molar-refractivity contribution >= 4 is 79.2 Å². The topological polar surface area (TPSA) is 19.6 Å². The molecule has 3 saturated carbocycles. The van der Waals surface area contributed by atoms with E-state index in [1.165, 1.54) is 89.8 Å². The number of fused-ring (bicyclic) bond motifs is 9. The van der Waals surface area contributed by atoms with E-state index in [-0.39, 0.29) is 6.71 Å². The second-order valence-corrected chi connectivity index (χ2v) is 16.2. The fourth-order valence-corrected chi connectivity index (χ4v) is 11.7. The van der Waals surface area contributed by atoms with E-state index in [9.17, 15) is 0 Å². The van der Waals surface area contributed by atoms with Crippen molar-refractivity contribution < 1.29 is 4.42 Å². The van der Waals surface area contributed by atoms with Gasteiger partial charge in [-0.15, -0.1) is 0 Å². The molecule has 0 N–H and O–H groups in total. The van der Waals surface area contributed by atoms with Gasteiger partial charge in [-0.3, -0.25) is 0 Å². The summed E-state index contributed by atoms with van der Waals surface area (Å²) in [6.07, 6.45) is 10.0. The van der Waals surface area contributed by atoms with Gasteiger partial charge in [-0.25, -0.2) is 0 Å². The Morgan fingerprint density at radius 2 is 1.22 bits per heavy atom. The molecule has 7 aromatic rings. The zero-order chi connectivity index (χ0) is 33.3. The molecule has 0 spiro atoms. The van der Waals surface area contributed by atoms with Crippen LogP contribution in [0.3, 0.4) is 0 Å². The number of nitrogens with zero attached hydrogens (tertiary/aromatic N) is 2. The summed E-state index contributed by atoms with van der Waals surface area (Å²) in [6.45, 7) is 0.126. The summed E-state index contributed by atoms with van der Waals surface area (Å²) in [5.41, 5.74) is 15.1. The van der Waals surface area contributed by atoms with E-state index in [4.69, 9.17) is 4.42 Å². The van der Waals surface area contributed by atoms with Crippen LogP contribution in [0.25, 0.3) is 21.9 Å². The molecule has 5 aliphatic rings. The Morgan fingerprint density at radius 3 is 2.06 bits per heavy atom. The van der Waals surface area contributed by atoms with Crippen LogP contribution in [-0.2, 0) is 5.41 Å². The molecular formula is C47H39BN2O. The number of anilines is 6. The first-order valence-corrected chi connectivity index (χ1v) is 19.2. The predicted molar refractivity (Wildman–Crippen MR) is 212 cm³/mol. The van der Waals surface area contributed by atoms with Crippen LogP contribution >= 0.6 is 0 Å². The summed E-state index contributed by atoms with van der Waals surface area (Å²) in [6, 6.07) is 49.9. The average molecular weight is 659 g/mol. The number of rotatable bonds is 3. The molecule has 3 fully saturated rings. The standard InChI is InChI=1S/C47H39BN2O/c1-6-18-44-35(9-1)36-10-7-17-43(46(36)51-44)50-40-14-5-3-12-38(40)48-37-11-2-4-13-39(37)49(41-15-8-16-42(50)45(41)48)34-23-21-33(22-24-34)47-26-25-31-20-19-30(28-47)27-32(31)29-47/h1-18,21-24,30-32H,19-20,25-29H2. The first-order chi connectivity index (χ1) is 25.2. The van der Waals surface area contributed by atoms with Gasteiger partial charge in [-0.2, -0.15) is 0 Å². The molecule has 3 aliphatic carbocycles. The molecule has 0 radical (unpaired) electrons. The van der Waals surface area contributed by atoms with E-state index < -0.39 is 0 Å². The lowest BCUT2D eigenvalue weighted by Gasteiger charge is -2.55. The number of benzene rings is 6. The van der Waals surface area contributed by atoms with Crippen molar-refractivity contribution in [2.45, 2.75) is 50.4 Å². The Labute approximate surface area is 299 Å². The molecule has 51 heavy (non-hydrogen) atoms. The van der Waals surface area contributed by atoms with E-state index in [0.29, 0.717) is 5.41 Å². The van der Waals surface area contributed by atoms with Crippen molar-refractivity contribution in [1.82, 2.24) is 0 Å². The highest BCUT2D eigenvalue weighted by Crippen LogP contribution is 2.59. The molecule has 1 aromatic heterocycles. The summed E-state index contributed by atoms with van der Waals surface area (Å²) in [4.78, 5) is 4.99. The first-order valence-electron chi connectivity index (χ1n) is 19.2. The monoisotopic (exact) mass is 658 g/mol. The highest BCUT2D eigenvalue weighted by atomic mass is 16.3. The van der Waals surface area contributed by atoms with Gasteiger partial charge in [-0.05, 0) is 132 Å². The molecule has 3 bridgehead atoms. The molecule has 12 rings (SSSR count). The Hall–Kier alpha value is -5.22. The molecule has 4 heteroatoms. The zero-order valence-electron chi connectivity index (χ0n) is 28.8. The van der Waals surface area contributed by atoms with E-state index in [0.717, 1.165) is 45.4 Å². The van der Waals surface area contributed by atoms with Crippen molar-refractivity contribution in [3.05, 3.63) is 139 Å². The Balaban J connectivity index is 1.04. The van der Waals surface area contributed by atoms with Gasteiger partial charge in [0.1, 0.15) is 5.58 Å². The SMILES string of the molecule is c1ccc2c(c1)B1c3ccccc3N(c3cccc4c3oc3ccccc34)c3cccc(c31)N2c1ccc(C23CCC4CCC(CC4C2)C3)cc1. The quantitative estimate of drug-likeness (QED) is 0.176. The number of hydrogen-bond donors (Lipinski definition) is 0. The van der Waals surface area contributed by atoms with Crippen molar-refractivity contribution in [2.75, 3.05) is 9.80 Å². The largest absolute Gasteiger partial charge is 0.454 e. The van der Waals surface area contributed by atoms with Crippen LogP contribution in [0.5, 0.6) is 0 Å². The number of hydrogen-bond acceptors (Lipinski definition) is 3. The first kappa shape index (κ1) is 28.5. The summed E-state index contributed by atoms with van der Waals surface area (Å²) in [5, 5.41) is 2.30. The number of para-hydroxylation sites is 4. The third kappa shape index (κ3) is 3.91. The van der Waals surface area contributed by atoms with Crippen LogP contribution in [0.1, 0.15) is 50.5 Å². The number of furan rings is 1. The van der Waals surface area contributed by atoms with Crippen molar-refractivity contribution in [2.24, 2.45) is 17.8 Å². The Morgan fingerprint density at radius 1 is 0.549 bits per heavy atom. The molecule has 2 aliphatic heterocycles. The molecule has 6 aromatic carbocycles. The van der Waals surface area contributed by atoms with Crippen LogP contribution in [0.15, 0.2) is 138 Å². The highest BCUT2D eigenvalue weighted by molar-refractivity contribution is 7.00. The van der Waals surface area contributed by atoms with Crippen molar-refractivity contribution in [3.8, 4) is 0 Å². The summed E-state index contributed by atoms with van der Waals surface area (Å²) >= 11 is 0. The molecule has 246 valence electrons. The maximum absolute atomic E-state index is 6.66. The van der Waals surface area contributed by atoms with E-state index >= 15 is 0 Å². The third-order valence-corrected chi connectivity index (χ3v) is 13.7. The van der Waals surface area contributed by atoms with Crippen LogP contribution in [-0.4, -0.2) is 6.71 Å². The van der Waals surface area contributed by atoms with Gasteiger partial charge in [-0.1, -0.05) is 91.3 Å². The summed E-state index contributed by atoms with van der Waals surface area (Å²) in [5.74, 6) is 2.86. The van der Waals surface area contributed by atoms with Crippen molar-refractivity contribution in [1.29, 1.82) is 0 Å². The van der Waals surface area contributed by atoms with Gasteiger partial charge in [0.2, 0.25) is 0 Å². The van der Waals surface area contributed by atoms with Gasteiger partial charge in [0.05, 0.1) is 5.69 Å². The summed E-state index contributed by atoms with van der Waals surface area (Å²) < 4.78 is 6.66. The molecule has 4 unspecified atom stereocenters. The maximum Gasteiger partial charge on any atom is 0.252 e. The zero-order valence-corrected chi connectivity index (χ0v) is 28.8. The minimum absolute atomic E-state index is 0.126. The Kier molecular flexibility index (Phi) is 5.82. The fraction of sp³-hybridized carbons (Fsp3) is 0.234. The lowest BCUT2D eigenvalue weighted by atomic mass is 9.33.